The van der Waals surface area contributed by atoms with Gasteiger partial charge in [-0.1, -0.05) is 28.1 Å². The lowest BCUT2D eigenvalue weighted by molar-refractivity contribution is -0.115. The third kappa shape index (κ3) is 4.18. The number of thioether (sulfide) groups is 1. The molecule has 1 amide bonds. The van der Waals surface area contributed by atoms with Crippen LogP contribution in [0.2, 0.25) is 0 Å². The molecule has 0 aromatic heterocycles. The zero-order valence-electron chi connectivity index (χ0n) is 12.6. The van der Waals surface area contributed by atoms with E-state index in [9.17, 15) is 13.2 Å². The molecule has 24 heavy (non-hydrogen) atoms. The van der Waals surface area contributed by atoms with E-state index in [0.29, 0.717) is 17.9 Å². The maximum absolute atomic E-state index is 12.5. The average molecular weight is 427 g/mol. The standard InChI is InChI=1S/C16H15BrN2O3S2/c17-12-3-1-2-11(8-12)10-18-24(21,22)13-4-5-15-14(9-13)19-16(20)6-7-23-15/h1-5,8-9,18H,6-7,10H2,(H,19,20). The summed E-state index contributed by atoms with van der Waals surface area (Å²) in [4.78, 5) is 12.7. The normalized spacial score (nSPS) is 14.6. The molecule has 2 aromatic carbocycles. The third-order valence-electron chi connectivity index (χ3n) is 3.48. The third-order valence-corrected chi connectivity index (χ3v) is 6.44. The van der Waals surface area contributed by atoms with E-state index in [1.165, 1.54) is 6.07 Å². The number of benzene rings is 2. The van der Waals surface area contributed by atoms with Crippen molar-refractivity contribution in [2.75, 3.05) is 11.1 Å². The predicted molar refractivity (Wildman–Crippen MR) is 98.6 cm³/mol. The molecule has 2 N–H and O–H groups in total. The lowest BCUT2D eigenvalue weighted by Gasteiger charge is -2.11. The Balaban J connectivity index is 1.81. The lowest BCUT2D eigenvalue weighted by atomic mass is 10.2. The fourth-order valence-electron chi connectivity index (χ4n) is 2.27. The summed E-state index contributed by atoms with van der Waals surface area (Å²) in [6, 6.07) is 12.2. The first-order valence-electron chi connectivity index (χ1n) is 7.25. The Morgan fingerprint density at radius 2 is 2.04 bits per heavy atom. The number of fused-ring (bicyclic) bond motifs is 1. The van der Waals surface area contributed by atoms with Crippen molar-refractivity contribution in [3.8, 4) is 0 Å². The summed E-state index contributed by atoms with van der Waals surface area (Å²) in [6.45, 7) is 0.194. The zero-order chi connectivity index (χ0) is 17.2. The van der Waals surface area contributed by atoms with E-state index in [0.717, 1.165) is 14.9 Å². The molecule has 1 aliphatic rings. The number of halogens is 1. The first-order valence-corrected chi connectivity index (χ1v) is 10.5. The second-order valence-corrected chi connectivity index (χ2v) is 9.08. The molecule has 0 atom stereocenters. The molecule has 0 fully saturated rings. The van der Waals surface area contributed by atoms with Crippen LogP contribution in [0.1, 0.15) is 12.0 Å². The van der Waals surface area contributed by atoms with Gasteiger partial charge in [-0.15, -0.1) is 11.8 Å². The van der Waals surface area contributed by atoms with Crippen LogP contribution in [-0.2, 0) is 21.4 Å². The van der Waals surface area contributed by atoms with Gasteiger partial charge in [0.05, 0.1) is 10.6 Å². The van der Waals surface area contributed by atoms with Crippen LogP contribution < -0.4 is 10.0 Å². The van der Waals surface area contributed by atoms with Gasteiger partial charge in [-0.3, -0.25) is 4.79 Å². The van der Waals surface area contributed by atoms with Crippen molar-refractivity contribution in [3.63, 3.8) is 0 Å². The average Bonchev–Trinajstić information content (AvgIpc) is 2.73. The Morgan fingerprint density at radius 3 is 2.83 bits per heavy atom. The van der Waals surface area contributed by atoms with Gasteiger partial charge in [0.25, 0.3) is 0 Å². The van der Waals surface area contributed by atoms with Crippen LogP contribution in [0.5, 0.6) is 0 Å². The molecule has 1 aliphatic heterocycles. The summed E-state index contributed by atoms with van der Waals surface area (Å²) in [5.41, 5.74) is 1.40. The summed E-state index contributed by atoms with van der Waals surface area (Å²) in [5, 5.41) is 2.76. The first kappa shape index (κ1) is 17.5. The minimum atomic E-state index is -3.66. The Bertz CT molecular complexity index is 885. The Labute approximate surface area is 153 Å². The molecule has 0 saturated carbocycles. The molecule has 2 aromatic rings. The minimum absolute atomic E-state index is 0.0992. The number of hydrogen-bond donors (Lipinski definition) is 2. The van der Waals surface area contributed by atoms with E-state index >= 15 is 0 Å². The van der Waals surface area contributed by atoms with Crippen molar-refractivity contribution >= 4 is 49.3 Å². The zero-order valence-corrected chi connectivity index (χ0v) is 15.8. The van der Waals surface area contributed by atoms with Gasteiger partial charge < -0.3 is 5.32 Å². The van der Waals surface area contributed by atoms with Gasteiger partial charge in [-0.05, 0) is 35.9 Å². The number of sulfonamides is 1. The Hall–Kier alpha value is -1.35. The minimum Gasteiger partial charge on any atom is -0.325 e. The highest BCUT2D eigenvalue weighted by Crippen LogP contribution is 2.32. The summed E-state index contributed by atoms with van der Waals surface area (Å²) in [5.74, 6) is 0.587. The monoisotopic (exact) mass is 426 g/mol. The highest BCUT2D eigenvalue weighted by atomic mass is 79.9. The van der Waals surface area contributed by atoms with Crippen molar-refractivity contribution in [1.82, 2.24) is 4.72 Å². The molecule has 0 spiro atoms. The molecular weight excluding hydrogens is 412 g/mol. The van der Waals surface area contributed by atoms with Crippen LogP contribution in [0, 0.1) is 0 Å². The number of carbonyl (C=O) groups excluding carboxylic acids is 1. The van der Waals surface area contributed by atoms with Gasteiger partial charge in [0, 0.05) is 28.1 Å². The van der Waals surface area contributed by atoms with E-state index in [2.05, 4.69) is 26.0 Å². The molecule has 5 nitrogen and oxygen atoms in total. The molecule has 0 aliphatic carbocycles. The lowest BCUT2D eigenvalue weighted by Crippen LogP contribution is -2.23. The van der Waals surface area contributed by atoms with Gasteiger partial charge >= 0.3 is 0 Å². The highest BCUT2D eigenvalue weighted by Gasteiger charge is 2.19. The Morgan fingerprint density at radius 1 is 1.21 bits per heavy atom. The van der Waals surface area contributed by atoms with E-state index in [1.807, 2.05) is 24.3 Å². The highest BCUT2D eigenvalue weighted by molar-refractivity contribution is 9.10. The van der Waals surface area contributed by atoms with Crippen molar-refractivity contribution in [3.05, 3.63) is 52.5 Å². The second-order valence-electron chi connectivity index (χ2n) is 5.26. The molecule has 0 radical (unpaired) electrons. The predicted octanol–water partition coefficient (Wildman–Crippen LogP) is 3.36. The smallest absolute Gasteiger partial charge is 0.240 e. The molecule has 0 bridgehead atoms. The SMILES string of the molecule is O=C1CCSc2ccc(S(=O)(=O)NCc3cccc(Br)c3)cc2N1. The van der Waals surface area contributed by atoms with Gasteiger partial charge in [0.15, 0.2) is 0 Å². The number of nitrogens with one attached hydrogen (secondary N) is 2. The van der Waals surface area contributed by atoms with Crippen LogP contribution >= 0.6 is 27.7 Å². The van der Waals surface area contributed by atoms with Crippen LogP contribution in [0.3, 0.4) is 0 Å². The van der Waals surface area contributed by atoms with Crippen molar-refractivity contribution in [2.24, 2.45) is 0 Å². The number of hydrogen-bond acceptors (Lipinski definition) is 4. The molecule has 3 rings (SSSR count). The number of amides is 1. The fraction of sp³-hybridized carbons (Fsp3) is 0.188. The maximum atomic E-state index is 12.5. The van der Waals surface area contributed by atoms with Crippen LogP contribution in [0.25, 0.3) is 0 Å². The van der Waals surface area contributed by atoms with Crippen LogP contribution in [0.15, 0.2) is 56.7 Å². The van der Waals surface area contributed by atoms with Crippen molar-refractivity contribution in [1.29, 1.82) is 0 Å². The quantitative estimate of drug-likeness (QED) is 0.785. The molecule has 0 unspecified atom stereocenters. The molecule has 1 heterocycles. The molecule has 8 heteroatoms. The summed E-state index contributed by atoms with van der Waals surface area (Å²) in [6.07, 6.45) is 0.419. The molecule has 126 valence electrons. The summed E-state index contributed by atoms with van der Waals surface area (Å²) < 4.78 is 28.5. The second kappa shape index (κ2) is 7.26. The van der Waals surface area contributed by atoms with Crippen LogP contribution in [0.4, 0.5) is 5.69 Å². The van der Waals surface area contributed by atoms with Crippen molar-refractivity contribution in [2.45, 2.75) is 22.8 Å². The van der Waals surface area contributed by atoms with Gasteiger partial charge in [-0.2, -0.15) is 0 Å². The number of anilines is 1. The number of rotatable bonds is 4. The molecule has 0 saturated heterocycles. The van der Waals surface area contributed by atoms with Gasteiger partial charge in [0.1, 0.15) is 0 Å². The number of carbonyl (C=O) groups is 1. The fourth-order valence-corrected chi connectivity index (χ4v) is 4.70. The van der Waals surface area contributed by atoms with Gasteiger partial charge in [0.2, 0.25) is 15.9 Å². The van der Waals surface area contributed by atoms with E-state index in [1.54, 1.807) is 23.9 Å². The molecular formula is C16H15BrN2O3S2. The first-order chi connectivity index (χ1) is 11.4. The summed E-state index contributed by atoms with van der Waals surface area (Å²) in [7, 11) is -3.66. The van der Waals surface area contributed by atoms with E-state index in [-0.39, 0.29) is 17.3 Å². The van der Waals surface area contributed by atoms with Crippen LogP contribution in [-0.4, -0.2) is 20.1 Å². The largest absolute Gasteiger partial charge is 0.325 e. The van der Waals surface area contributed by atoms with E-state index in [4.69, 9.17) is 0 Å². The Kier molecular flexibility index (Phi) is 5.29. The van der Waals surface area contributed by atoms with Gasteiger partial charge in [-0.25, -0.2) is 13.1 Å². The maximum Gasteiger partial charge on any atom is 0.240 e. The summed E-state index contributed by atoms with van der Waals surface area (Å²) >= 11 is 4.90. The topological polar surface area (TPSA) is 75.3 Å². The van der Waals surface area contributed by atoms with Crippen molar-refractivity contribution < 1.29 is 13.2 Å². The van der Waals surface area contributed by atoms with E-state index < -0.39 is 10.0 Å².